The van der Waals surface area contributed by atoms with Crippen LogP contribution in [0, 0.1) is 50.4 Å². The molecule has 7 heteroatoms. The van der Waals surface area contributed by atoms with Crippen LogP contribution in [0.1, 0.15) is 135 Å². The maximum absolute atomic E-state index is 15.1. The monoisotopic (exact) mass is 958 g/mol. The molecule has 6 aliphatic carbocycles. The molecule has 0 spiro atoms. The number of allylic oxidation sites excluding steroid dienone is 2. The summed E-state index contributed by atoms with van der Waals surface area (Å²) in [5.41, 5.74) is 18.8. The molecule has 4 aromatic carbocycles. The fraction of sp³-hybridized carbons (Fsp3) is 0.481. The van der Waals surface area contributed by atoms with Crippen molar-refractivity contribution in [2.75, 3.05) is 0 Å². The topological polar surface area (TPSA) is 0 Å². The van der Waals surface area contributed by atoms with Gasteiger partial charge in [0.15, 0.2) is 0 Å². The zero-order valence-electron chi connectivity index (χ0n) is 36.9. The van der Waals surface area contributed by atoms with E-state index < -0.39 is 30.0 Å². The number of aryl methyl sites for hydroxylation is 4. The summed E-state index contributed by atoms with van der Waals surface area (Å²) in [6.07, 6.45) is 15.2. The minimum atomic E-state index is -4.87. The summed E-state index contributed by atoms with van der Waals surface area (Å²) in [6, 6.07) is 27.5. The molecule has 2 unspecified atom stereocenters. The third-order valence-electron chi connectivity index (χ3n) is 17.2. The summed E-state index contributed by atoms with van der Waals surface area (Å²) in [5, 5.41) is 0. The Morgan fingerprint density at radius 3 is 1.31 bits per heavy atom. The first-order chi connectivity index (χ1) is 28.0. The number of halogens is 5. The molecule has 0 aliphatic heterocycles. The number of rotatable bonds is 10. The third kappa shape index (κ3) is 8.03. The van der Waals surface area contributed by atoms with Crippen molar-refractivity contribution < 1.29 is 30.6 Å². The Kier molecular flexibility index (Phi) is 12.0. The molecule has 4 saturated carbocycles. The molecule has 0 aromatic heterocycles. The summed E-state index contributed by atoms with van der Waals surface area (Å²) in [7, 11) is 0. The van der Waals surface area contributed by atoms with E-state index in [0.717, 1.165) is 24.7 Å². The van der Waals surface area contributed by atoms with Crippen molar-refractivity contribution in [1.29, 1.82) is 0 Å². The van der Waals surface area contributed by atoms with Crippen molar-refractivity contribution in [3.63, 3.8) is 0 Å². The van der Waals surface area contributed by atoms with Crippen molar-refractivity contribution in [3.05, 3.63) is 128 Å². The first kappa shape index (κ1) is 45.4. The molecule has 61 heavy (non-hydrogen) atoms. The number of hydrogen-bond acceptors (Lipinski definition) is 0. The Morgan fingerprint density at radius 2 is 0.984 bits per heavy atom. The average molecular weight is 961 g/mol. The number of hydrogen-bond donors (Lipinski definition) is 0. The molecule has 324 valence electrons. The van der Waals surface area contributed by atoms with Crippen molar-refractivity contribution in [2.45, 2.75) is 133 Å². The molecular formula is C54H65Cl2F3SiZr. The maximum atomic E-state index is 15.1. The van der Waals surface area contributed by atoms with E-state index in [0.29, 0.717) is 4.13 Å². The summed E-state index contributed by atoms with van der Waals surface area (Å²) >= 11 is -4.87. The second kappa shape index (κ2) is 16.1. The van der Waals surface area contributed by atoms with Gasteiger partial charge in [-0.1, -0.05) is 0 Å². The van der Waals surface area contributed by atoms with E-state index >= 15 is 13.2 Å². The van der Waals surface area contributed by atoms with Gasteiger partial charge in [-0.25, -0.2) is 0 Å². The first-order valence-corrected chi connectivity index (χ1v) is 35.9. The van der Waals surface area contributed by atoms with Crippen LogP contribution in [0.4, 0.5) is 13.2 Å². The van der Waals surface area contributed by atoms with Gasteiger partial charge in [0, 0.05) is 0 Å². The molecular weight excluding hydrogens is 896 g/mol. The van der Waals surface area contributed by atoms with Gasteiger partial charge in [0.2, 0.25) is 0 Å². The fourth-order valence-corrected chi connectivity index (χ4v) is 38.6. The van der Waals surface area contributed by atoms with Gasteiger partial charge in [0.1, 0.15) is 0 Å². The van der Waals surface area contributed by atoms with Crippen molar-refractivity contribution in [2.24, 2.45) is 22.7 Å². The maximum Gasteiger partial charge on any atom is -0.147 e. The molecule has 2 atom stereocenters. The Bertz CT molecular complexity index is 2310. The van der Waals surface area contributed by atoms with E-state index in [-0.39, 0.29) is 42.9 Å². The van der Waals surface area contributed by atoms with E-state index in [2.05, 4.69) is 124 Å². The molecule has 4 fully saturated rings. The largest absolute Gasteiger partial charge is 0.147 e. The quantitative estimate of drug-likeness (QED) is 0.139. The van der Waals surface area contributed by atoms with E-state index in [1.807, 2.05) is 0 Å². The van der Waals surface area contributed by atoms with Crippen LogP contribution in [0.3, 0.4) is 0 Å². The van der Waals surface area contributed by atoms with E-state index in [4.69, 9.17) is 0 Å². The van der Waals surface area contributed by atoms with E-state index in [9.17, 15) is 0 Å². The van der Waals surface area contributed by atoms with Gasteiger partial charge in [-0.2, -0.15) is 0 Å². The van der Waals surface area contributed by atoms with Crippen LogP contribution in [-0.2, 0) is 17.4 Å². The molecule has 4 bridgehead atoms. The zero-order valence-corrected chi connectivity index (χ0v) is 42.5. The van der Waals surface area contributed by atoms with Gasteiger partial charge in [-0.05, 0) is 0 Å². The van der Waals surface area contributed by atoms with Gasteiger partial charge in [-0.3, -0.25) is 0 Å². The molecule has 0 amide bonds. The SMILES string of the molecule is Cc1cc(C)cc(-c2cccc3c2C=C(CC24CCC(CC2)C4)[CH]3[Zr]([CH3])(=[SiH2])([CH2]CC(F)(F)F)[CH]2C(CC34CCC(CC3)C4)=Cc3c(-c4cc(C)cc(C)c4)cccc32)c1.Cl.Cl. The summed E-state index contributed by atoms with van der Waals surface area (Å²) in [5.74, 6) is 1.64. The standard InChI is InChI=1S/2C25H27.C3H4F3.CH3.2ClH.H2Si.Zr/c2*1-17-10-18(2)12-22(11-17)23-5-3-4-21-13-20(14-24(21)23)16-25-8-6-19(15-25)7-9-25;1-2-3(4,5)6;;;;;/h2*3-5,10-14,19H,6-9,15-16H2,1-2H3;1-2H2;1H3;2*1H;1H2;. The van der Waals surface area contributed by atoms with Crippen LogP contribution >= 0.6 is 24.8 Å². The molecule has 0 radical (unpaired) electrons. The van der Waals surface area contributed by atoms with Gasteiger partial charge in [-0.15, -0.1) is 24.8 Å². The molecule has 4 aromatic rings. The molecule has 0 nitrogen and oxygen atoms in total. The second-order valence-electron chi connectivity index (χ2n) is 22.0. The molecule has 0 heterocycles. The normalized spacial score (nSPS) is 27.4. The van der Waals surface area contributed by atoms with Crippen molar-refractivity contribution in [3.8, 4) is 22.3 Å². The second-order valence-corrected chi connectivity index (χ2v) is 50.4. The van der Waals surface area contributed by atoms with Gasteiger partial charge >= 0.3 is 356 Å². The summed E-state index contributed by atoms with van der Waals surface area (Å²) in [4.78, 5) is 0. The predicted octanol–water partition coefficient (Wildman–Crippen LogP) is 16.3. The number of alkyl halides is 3. The summed E-state index contributed by atoms with van der Waals surface area (Å²) in [6.45, 7) is 10.9. The van der Waals surface area contributed by atoms with Crippen LogP contribution < -0.4 is 0 Å². The van der Waals surface area contributed by atoms with Crippen LogP contribution in [0.15, 0.2) is 83.9 Å². The Balaban J connectivity index is 0.00000257. The van der Waals surface area contributed by atoms with Crippen LogP contribution in [-0.4, -0.2) is 13.1 Å². The predicted molar refractivity (Wildman–Crippen MR) is 256 cm³/mol. The Labute approximate surface area is 378 Å². The average Bonchev–Trinajstić information content (AvgIpc) is 4.03. The molecule has 0 saturated heterocycles. The van der Waals surface area contributed by atoms with Crippen LogP contribution in [0.25, 0.3) is 34.4 Å². The minimum Gasteiger partial charge on any atom is -0.147 e. The molecule has 10 rings (SSSR count). The van der Waals surface area contributed by atoms with Gasteiger partial charge in [0.25, 0.3) is 0 Å². The Morgan fingerprint density at radius 1 is 0.607 bits per heavy atom. The van der Waals surface area contributed by atoms with E-state index in [1.54, 1.807) is 0 Å². The molecule has 0 N–H and O–H groups in total. The van der Waals surface area contributed by atoms with Crippen LogP contribution in [0.5, 0.6) is 0 Å². The van der Waals surface area contributed by atoms with Crippen LogP contribution in [0.2, 0.25) is 8.76 Å². The fourth-order valence-electron chi connectivity index (χ4n) is 15.0. The minimum absolute atomic E-state index is 0. The summed E-state index contributed by atoms with van der Waals surface area (Å²) < 4.78 is 48.4. The van der Waals surface area contributed by atoms with Gasteiger partial charge in [0.05, 0.1) is 0 Å². The Hall–Kier alpha value is -2.17. The first-order valence-electron chi connectivity index (χ1n) is 23.0. The van der Waals surface area contributed by atoms with Gasteiger partial charge < -0.3 is 0 Å². The third-order valence-corrected chi connectivity index (χ3v) is 40.0. The smallest absolute Gasteiger partial charge is 0.147 e. The van der Waals surface area contributed by atoms with Crippen molar-refractivity contribution >= 4 is 43.8 Å². The van der Waals surface area contributed by atoms with E-state index in [1.165, 1.54) is 142 Å². The number of fused-ring (bicyclic) bond motifs is 6. The molecule has 6 aliphatic rings. The number of benzene rings is 4. The van der Waals surface area contributed by atoms with Crippen molar-refractivity contribution in [1.82, 2.24) is 0 Å². The zero-order chi connectivity index (χ0) is 41.1.